The average Bonchev–Trinajstić information content (AvgIpc) is 2.91. The Kier molecular flexibility index (Phi) is 2.77. The summed E-state index contributed by atoms with van der Waals surface area (Å²) in [7, 11) is 0. The van der Waals surface area contributed by atoms with E-state index in [0.29, 0.717) is 24.7 Å². The molecule has 2 atom stereocenters. The highest BCUT2D eigenvalue weighted by Gasteiger charge is 2.47. The molecule has 1 aliphatic carbocycles. The second-order valence-electron chi connectivity index (χ2n) is 4.95. The Bertz CT molecular complexity index is 472. The van der Waals surface area contributed by atoms with E-state index in [4.69, 9.17) is 0 Å². The van der Waals surface area contributed by atoms with Gasteiger partial charge in [-0.25, -0.2) is 0 Å². The first-order valence-electron chi connectivity index (χ1n) is 5.96. The van der Waals surface area contributed by atoms with E-state index in [0.717, 1.165) is 24.6 Å². The number of aromatic nitrogens is 2. The van der Waals surface area contributed by atoms with Crippen molar-refractivity contribution in [3.05, 3.63) is 11.9 Å². The van der Waals surface area contributed by atoms with Crippen LogP contribution in [0.4, 0.5) is 0 Å². The van der Waals surface area contributed by atoms with Crippen molar-refractivity contribution in [2.24, 2.45) is 17.8 Å². The molecule has 1 amide bonds. The number of aliphatic carboxylic acids is 1. The molecule has 2 aliphatic rings. The minimum atomic E-state index is -0.793. The molecule has 1 aromatic heterocycles. The fourth-order valence-corrected chi connectivity index (χ4v) is 3.09. The molecule has 1 saturated heterocycles. The van der Waals surface area contributed by atoms with E-state index < -0.39 is 11.9 Å². The SMILES string of the molecule is O=C(O)[C@H]1CN(C(=O)c2cnsn2)C[C@@H]1C1CC1. The van der Waals surface area contributed by atoms with Gasteiger partial charge in [-0.05, 0) is 24.7 Å². The number of carboxylic acid groups (broad SMARTS) is 1. The van der Waals surface area contributed by atoms with Gasteiger partial charge >= 0.3 is 5.97 Å². The molecule has 0 bridgehead atoms. The van der Waals surface area contributed by atoms with Crippen LogP contribution < -0.4 is 0 Å². The monoisotopic (exact) mass is 267 g/mol. The molecule has 2 heterocycles. The van der Waals surface area contributed by atoms with Crippen molar-refractivity contribution in [1.29, 1.82) is 0 Å². The highest BCUT2D eigenvalue weighted by atomic mass is 32.1. The molecule has 7 heteroatoms. The van der Waals surface area contributed by atoms with E-state index >= 15 is 0 Å². The molecule has 96 valence electrons. The first-order valence-corrected chi connectivity index (χ1v) is 6.69. The standard InChI is InChI=1S/C11H13N3O3S/c15-10(9-3-12-18-13-9)14-4-7(6-1-2-6)8(5-14)11(16)17/h3,6-8H,1-2,4-5H2,(H,16,17)/t7-,8+/m1/s1. The largest absolute Gasteiger partial charge is 0.481 e. The van der Waals surface area contributed by atoms with Crippen molar-refractivity contribution < 1.29 is 14.7 Å². The number of rotatable bonds is 3. The van der Waals surface area contributed by atoms with Crippen molar-refractivity contribution in [2.75, 3.05) is 13.1 Å². The molecule has 0 radical (unpaired) electrons. The normalized spacial score (nSPS) is 27.4. The number of carboxylic acids is 1. The van der Waals surface area contributed by atoms with Gasteiger partial charge in [-0.1, -0.05) is 0 Å². The zero-order chi connectivity index (χ0) is 12.7. The Hall–Kier alpha value is -1.50. The average molecular weight is 267 g/mol. The molecule has 1 saturated carbocycles. The Balaban J connectivity index is 1.75. The number of hydrogen-bond donors (Lipinski definition) is 1. The Morgan fingerprint density at radius 1 is 1.39 bits per heavy atom. The molecule has 2 fully saturated rings. The van der Waals surface area contributed by atoms with Crippen LogP contribution in [0.15, 0.2) is 6.20 Å². The van der Waals surface area contributed by atoms with Crippen LogP contribution in [0, 0.1) is 17.8 Å². The third-order valence-electron chi connectivity index (χ3n) is 3.78. The second kappa shape index (κ2) is 4.31. The minimum absolute atomic E-state index is 0.109. The quantitative estimate of drug-likeness (QED) is 0.872. The molecule has 1 aliphatic heterocycles. The van der Waals surface area contributed by atoms with E-state index in [-0.39, 0.29) is 11.8 Å². The smallest absolute Gasteiger partial charge is 0.308 e. The van der Waals surface area contributed by atoms with Gasteiger partial charge in [0.2, 0.25) is 0 Å². The maximum atomic E-state index is 12.1. The minimum Gasteiger partial charge on any atom is -0.481 e. The first kappa shape index (κ1) is 11.6. The van der Waals surface area contributed by atoms with Gasteiger partial charge < -0.3 is 10.0 Å². The molecular formula is C11H13N3O3S. The number of carbonyl (C=O) groups is 2. The van der Waals surface area contributed by atoms with Gasteiger partial charge in [0, 0.05) is 13.1 Å². The summed E-state index contributed by atoms with van der Waals surface area (Å²) in [5, 5.41) is 9.23. The summed E-state index contributed by atoms with van der Waals surface area (Å²) in [5.41, 5.74) is 0.320. The molecule has 0 spiro atoms. The van der Waals surface area contributed by atoms with Crippen LogP contribution in [-0.2, 0) is 4.79 Å². The zero-order valence-electron chi connectivity index (χ0n) is 9.65. The topological polar surface area (TPSA) is 83.4 Å². The highest BCUT2D eigenvalue weighted by Crippen LogP contribution is 2.44. The number of carbonyl (C=O) groups excluding carboxylic acids is 1. The van der Waals surface area contributed by atoms with E-state index in [1.165, 1.54) is 6.20 Å². The molecule has 1 aromatic rings. The predicted octanol–water partition coefficient (Wildman–Crippen LogP) is 0.721. The van der Waals surface area contributed by atoms with Gasteiger partial charge in [0.25, 0.3) is 5.91 Å². The summed E-state index contributed by atoms with van der Waals surface area (Å²) in [5.74, 6) is -0.819. The van der Waals surface area contributed by atoms with Gasteiger partial charge in [-0.15, -0.1) is 0 Å². The van der Waals surface area contributed by atoms with Crippen LogP contribution in [-0.4, -0.2) is 43.7 Å². The number of likely N-dealkylation sites (tertiary alicyclic amines) is 1. The van der Waals surface area contributed by atoms with Crippen LogP contribution in [0.2, 0.25) is 0 Å². The fourth-order valence-electron chi connectivity index (χ4n) is 2.68. The number of amides is 1. The first-order chi connectivity index (χ1) is 8.66. The van der Waals surface area contributed by atoms with Crippen molar-refractivity contribution >= 4 is 23.6 Å². The lowest BCUT2D eigenvalue weighted by Gasteiger charge is -2.14. The Labute approximate surface area is 108 Å². The third-order valence-corrected chi connectivity index (χ3v) is 4.26. The zero-order valence-corrected chi connectivity index (χ0v) is 10.5. The van der Waals surface area contributed by atoms with Gasteiger partial charge in [-0.2, -0.15) is 8.75 Å². The molecule has 3 rings (SSSR count). The molecule has 18 heavy (non-hydrogen) atoms. The predicted molar refractivity (Wildman–Crippen MR) is 63.2 cm³/mol. The van der Waals surface area contributed by atoms with Gasteiger partial charge in [0.05, 0.1) is 23.8 Å². The van der Waals surface area contributed by atoms with Gasteiger partial charge in [0.1, 0.15) is 0 Å². The van der Waals surface area contributed by atoms with Crippen molar-refractivity contribution in [3.8, 4) is 0 Å². The van der Waals surface area contributed by atoms with E-state index in [9.17, 15) is 14.7 Å². The lowest BCUT2D eigenvalue weighted by atomic mass is 9.92. The maximum absolute atomic E-state index is 12.1. The highest BCUT2D eigenvalue weighted by molar-refractivity contribution is 6.99. The fraction of sp³-hybridized carbons (Fsp3) is 0.636. The molecule has 0 aromatic carbocycles. The van der Waals surface area contributed by atoms with Crippen LogP contribution in [0.3, 0.4) is 0 Å². The van der Waals surface area contributed by atoms with E-state index in [2.05, 4.69) is 8.75 Å². The lowest BCUT2D eigenvalue weighted by molar-refractivity contribution is -0.142. The molecule has 1 N–H and O–H groups in total. The summed E-state index contributed by atoms with van der Waals surface area (Å²) < 4.78 is 7.71. The van der Waals surface area contributed by atoms with Crippen molar-refractivity contribution in [2.45, 2.75) is 12.8 Å². The number of nitrogens with zero attached hydrogens (tertiary/aromatic N) is 3. The summed E-state index contributed by atoms with van der Waals surface area (Å²) in [6.45, 7) is 0.838. The lowest BCUT2D eigenvalue weighted by Crippen LogP contribution is -2.30. The molecule has 0 unspecified atom stereocenters. The van der Waals surface area contributed by atoms with Gasteiger partial charge in [-0.3, -0.25) is 9.59 Å². The summed E-state index contributed by atoms with van der Waals surface area (Å²) in [6, 6.07) is 0. The van der Waals surface area contributed by atoms with Gasteiger partial charge in [0.15, 0.2) is 5.69 Å². The maximum Gasteiger partial charge on any atom is 0.308 e. The van der Waals surface area contributed by atoms with Crippen molar-refractivity contribution in [3.63, 3.8) is 0 Å². The van der Waals surface area contributed by atoms with E-state index in [1.807, 2.05) is 0 Å². The molecule has 6 nitrogen and oxygen atoms in total. The van der Waals surface area contributed by atoms with Crippen molar-refractivity contribution in [1.82, 2.24) is 13.6 Å². The van der Waals surface area contributed by atoms with Crippen LogP contribution in [0.25, 0.3) is 0 Å². The van der Waals surface area contributed by atoms with E-state index in [1.54, 1.807) is 4.90 Å². The summed E-state index contributed by atoms with van der Waals surface area (Å²) in [4.78, 5) is 24.9. The third kappa shape index (κ3) is 1.98. The number of hydrogen-bond acceptors (Lipinski definition) is 5. The Morgan fingerprint density at radius 3 is 2.72 bits per heavy atom. The van der Waals surface area contributed by atoms with Crippen LogP contribution in [0.5, 0.6) is 0 Å². The summed E-state index contributed by atoms with van der Waals surface area (Å²) in [6.07, 6.45) is 3.62. The summed E-state index contributed by atoms with van der Waals surface area (Å²) >= 11 is 0.989. The Morgan fingerprint density at radius 2 is 2.17 bits per heavy atom. The second-order valence-corrected chi connectivity index (χ2v) is 5.51. The van der Waals surface area contributed by atoms with Crippen LogP contribution >= 0.6 is 11.7 Å². The molecular weight excluding hydrogens is 254 g/mol. The van der Waals surface area contributed by atoms with Crippen LogP contribution in [0.1, 0.15) is 23.3 Å².